The largest absolute Gasteiger partial charge is 0.489 e. The van der Waals surface area contributed by atoms with E-state index in [4.69, 9.17) is 48.8 Å². The van der Waals surface area contributed by atoms with Crippen LogP contribution in [0.1, 0.15) is 51.9 Å². The van der Waals surface area contributed by atoms with E-state index >= 15 is 0 Å². The van der Waals surface area contributed by atoms with Crippen molar-refractivity contribution in [2.75, 3.05) is 25.1 Å². The molecule has 3 heterocycles. The van der Waals surface area contributed by atoms with Gasteiger partial charge in [0.2, 0.25) is 0 Å². The van der Waals surface area contributed by atoms with Gasteiger partial charge in [0.25, 0.3) is 0 Å². The zero-order valence-electron chi connectivity index (χ0n) is 23.6. The average Bonchev–Trinajstić information content (AvgIpc) is 3.65. The molecule has 0 amide bonds. The molecule has 7 nitrogen and oxygen atoms in total. The number of halogens is 3. The number of ether oxygens (including phenoxy) is 2. The van der Waals surface area contributed by atoms with Gasteiger partial charge < -0.3 is 23.5 Å². The van der Waals surface area contributed by atoms with Crippen molar-refractivity contribution in [3.05, 3.63) is 98.3 Å². The van der Waals surface area contributed by atoms with Crippen molar-refractivity contribution in [1.29, 1.82) is 0 Å². The molecule has 10 heteroatoms. The third kappa shape index (κ3) is 5.13. The Bertz CT molecular complexity index is 1850. The molecule has 5 aromatic rings. The second kappa shape index (κ2) is 11.1. The lowest BCUT2D eigenvalue weighted by Gasteiger charge is -2.41. The van der Waals surface area contributed by atoms with Crippen LogP contribution in [0.4, 0.5) is 5.69 Å². The number of fused-ring (bicyclic) bond motifs is 1. The van der Waals surface area contributed by atoms with Crippen molar-refractivity contribution in [2.45, 2.75) is 31.3 Å². The Hall–Kier alpha value is -3.65. The minimum atomic E-state index is -0.338. The zero-order valence-corrected chi connectivity index (χ0v) is 25.8. The molecule has 220 valence electrons. The van der Waals surface area contributed by atoms with E-state index in [1.54, 1.807) is 18.2 Å². The molecule has 1 aliphatic carbocycles. The van der Waals surface area contributed by atoms with Crippen LogP contribution in [0.15, 0.2) is 65.3 Å². The third-order valence-corrected chi connectivity index (χ3v) is 9.34. The summed E-state index contributed by atoms with van der Waals surface area (Å²) < 4.78 is 18.9. The first kappa shape index (κ1) is 28.1. The summed E-state index contributed by atoms with van der Waals surface area (Å²) in [6.45, 7) is 1.90. The predicted molar refractivity (Wildman–Crippen MR) is 169 cm³/mol. The van der Waals surface area contributed by atoms with Gasteiger partial charge in [0.1, 0.15) is 23.8 Å². The molecule has 3 aromatic carbocycles. The van der Waals surface area contributed by atoms with Crippen LogP contribution in [0, 0.1) is 0 Å². The summed E-state index contributed by atoms with van der Waals surface area (Å²) in [5.41, 5.74) is 5.81. The summed E-state index contributed by atoms with van der Waals surface area (Å²) in [5.74, 6) is 1.77. The van der Waals surface area contributed by atoms with E-state index in [-0.39, 0.29) is 18.5 Å². The van der Waals surface area contributed by atoms with E-state index in [0.29, 0.717) is 43.6 Å². The van der Waals surface area contributed by atoms with Gasteiger partial charge in [-0.3, -0.25) is 0 Å². The van der Waals surface area contributed by atoms with Gasteiger partial charge in [-0.2, -0.15) is 0 Å². The number of esters is 1. The molecule has 0 atom stereocenters. The SMILES string of the molecule is COC(=O)c1cn(C)c2ccc(N3CC(c4ccc(OCc5c(-c6c(Cl)cccc6Cl)noc5C5CC5)cc4Cl)C3)cc12. The van der Waals surface area contributed by atoms with Crippen LogP contribution in [0.2, 0.25) is 15.1 Å². The third-order valence-electron chi connectivity index (χ3n) is 8.39. The highest BCUT2D eigenvalue weighted by atomic mass is 35.5. The van der Waals surface area contributed by atoms with Crippen molar-refractivity contribution in [1.82, 2.24) is 9.72 Å². The molecule has 0 unspecified atom stereocenters. The quantitative estimate of drug-likeness (QED) is 0.159. The second-order valence-corrected chi connectivity index (χ2v) is 12.4. The molecular weight excluding hydrogens is 609 g/mol. The van der Waals surface area contributed by atoms with Crippen molar-refractivity contribution < 1.29 is 18.8 Å². The Morgan fingerprint density at radius 2 is 1.77 bits per heavy atom. The fourth-order valence-electron chi connectivity index (χ4n) is 5.87. The van der Waals surface area contributed by atoms with E-state index in [1.807, 2.05) is 42.1 Å². The number of benzene rings is 3. The van der Waals surface area contributed by atoms with E-state index in [0.717, 1.165) is 59.4 Å². The van der Waals surface area contributed by atoms with E-state index in [2.05, 4.69) is 22.2 Å². The fraction of sp³-hybridized carbons (Fsp3) is 0.273. The Kier molecular flexibility index (Phi) is 7.28. The highest BCUT2D eigenvalue weighted by Gasteiger charge is 2.34. The monoisotopic (exact) mass is 635 g/mol. The Labute approximate surface area is 263 Å². The number of aromatic nitrogens is 2. The number of carbonyl (C=O) groups excluding carboxylic acids is 1. The number of hydrogen-bond donors (Lipinski definition) is 0. The van der Waals surface area contributed by atoms with E-state index < -0.39 is 0 Å². The van der Waals surface area contributed by atoms with Gasteiger partial charge in [-0.1, -0.05) is 52.1 Å². The second-order valence-electron chi connectivity index (χ2n) is 11.2. The highest BCUT2D eigenvalue weighted by molar-refractivity contribution is 6.39. The molecule has 0 radical (unpaired) electrons. The molecule has 7 rings (SSSR count). The predicted octanol–water partition coefficient (Wildman–Crippen LogP) is 8.64. The van der Waals surface area contributed by atoms with Crippen molar-refractivity contribution in [2.24, 2.45) is 7.05 Å². The maximum Gasteiger partial charge on any atom is 0.340 e. The number of methoxy groups -OCH3 is 1. The number of carbonyl (C=O) groups is 1. The molecule has 0 bridgehead atoms. The topological polar surface area (TPSA) is 69.7 Å². The van der Waals surface area contributed by atoms with Gasteiger partial charge >= 0.3 is 5.97 Å². The minimum Gasteiger partial charge on any atom is -0.489 e. The van der Waals surface area contributed by atoms with Crippen LogP contribution in [0.5, 0.6) is 5.75 Å². The fourth-order valence-corrected chi connectivity index (χ4v) is 6.77. The molecule has 0 N–H and O–H groups in total. The minimum absolute atomic E-state index is 0.259. The lowest BCUT2D eigenvalue weighted by molar-refractivity contribution is 0.0602. The van der Waals surface area contributed by atoms with Crippen LogP contribution >= 0.6 is 34.8 Å². The zero-order chi connectivity index (χ0) is 29.8. The van der Waals surface area contributed by atoms with Crippen molar-refractivity contribution in [3.8, 4) is 17.0 Å². The molecule has 2 aliphatic rings. The molecule has 2 fully saturated rings. The molecular formula is C33H28Cl3N3O4. The number of anilines is 1. The average molecular weight is 637 g/mol. The van der Waals surface area contributed by atoms with Gasteiger partial charge in [-0.15, -0.1) is 0 Å². The van der Waals surface area contributed by atoms with E-state index in [1.165, 1.54) is 7.11 Å². The number of aryl methyl sites for hydroxylation is 1. The molecule has 1 saturated carbocycles. The van der Waals surface area contributed by atoms with Crippen LogP contribution in [-0.4, -0.2) is 35.9 Å². The lowest BCUT2D eigenvalue weighted by Crippen LogP contribution is -2.45. The van der Waals surface area contributed by atoms with Crippen LogP contribution in [0.3, 0.4) is 0 Å². The normalized spacial score (nSPS) is 15.1. The first-order chi connectivity index (χ1) is 20.8. The van der Waals surface area contributed by atoms with Gasteiger partial charge in [0, 0.05) is 65.3 Å². The Morgan fingerprint density at radius 3 is 2.47 bits per heavy atom. The Morgan fingerprint density at radius 1 is 1.00 bits per heavy atom. The first-order valence-electron chi connectivity index (χ1n) is 14.1. The standard InChI is InChI=1S/C33H28Cl3N3O4/c1-38-16-24(33(40)41-2)23-12-20(8-11-29(23)38)39-14-19(15-39)22-10-9-21(13-28(22)36)42-17-25-31(37-43-32(25)18-6-7-18)30-26(34)4-3-5-27(30)35/h3-5,8-13,16,18-19H,6-7,14-15,17H2,1-2H3. The summed E-state index contributed by atoms with van der Waals surface area (Å²) in [4.78, 5) is 14.6. The molecule has 1 saturated heterocycles. The van der Waals surface area contributed by atoms with Crippen molar-refractivity contribution in [3.63, 3.8) is 0 Å². The molecule has 2 aromatic heterocycles. The molecule has 1 aliphatic heterocycles. The summed E-state index contributed by atoms with van der Waals surface area (Å²) >= 11 is 19.8. The van der Waals surface area contributed by atoms with E-state index in [9.17, 15) is 4.79 Å². The molecule has 0 spiro atoms. The van der Waals surface area contributed by atoms with Crippen LogP contribution < -0.4 is 9.64 Å². The van der Waals surface area contributed by atoms with Gasteiger partial charge in [0.05, 0.1) is 28.3 Å². The number of rotatable bonds is 8. The maximum atomic E-state index is 12.3. The van der Waals surface area contributed by atoms with Crippen LogP contribution in [-0.2, 0) is 18.4 Å². The smallest absolute Gasteiger partial charge is 0.340 e. The van der Waals surface area contributed by atoms with Gasteiger partial charge in [-0.05, 0) is 60.9 Å². The molecule has 43 heavy (non-hydrogen) atoms. The summed E-state index contributed by atoms with van der Waals surface area (Å²) in [5, 5.41) is 6.91. The summed E-state index contributed by atoms with van der Waals surface area (Å²) in [6, 6.07) is 17.4. The Balaban J connectivity index is 1.06. The van der Waals surface area contributed by atoms with Crippen molar-refractivity contribution >= 4 is 57.4 Å². The maximum absolute atomic E-state index is 12.3. The highest BCUT2D eigenvalue weighted by Crippen LogP contribution is 2.46. The van der Waals surface area contributed by atoms with Crippen LogP contribution in [0.25, 0.3) is 22.2 Å². The summed E-state index contributed by atoms with van der Waals surface area (Å²) in [7, 11) is 3.33. The number of hydrogen-bond acceptors (Lipinski definition) is 6. The van der Waals surface area contributed by atoms with Gasteiger partial charge in [-0.25, -0.2) is 4.79 Å². The number of nitrogens with zero attached hydrogens (tertiary/aromatic N) is 3. The lowest BCUT2D eigenvalue weighted by atomic mass is 9.90. The van der Waals surface area contributed by atoms with Gasteiger partial charge in [0.15, 0.2) is 0 Å². The summed E-state index contributed by atoms with van der Waals surface area (Å²) in [6.07, 6.45) is 3.93. The first-order valence-corrected chi connectivity index (χ1v) is 15.2.